The maximum Gasteiger partial charge on any atom is 0.319 e. The van der Waals surface area contributed by atoms with Crippen LogP contribution in [0.25, 0.3) is 0 Å². The van der Waals surface area contributed by atoms with Gasteiger partial charge in [0.15, 0.2) is 0 Å². The van der Waals surface area contributed by atoms with Gasteiger partial charge in [-0.3, -0.25) is 0 Å². The van der Waals surface area contributed by atoms with Crippen LogP contribution < -0.4 is 10.6 Å². The first-order valence-corrected chi connectivity index (χ1v) is 5.34. The number of urea groups is 1. The molecule has 0 saturated carbocycles. The number of amides is 2. The summed E-state index contributed by atoms with van der Waals surface area (Å²) in [5, 5.41) is 5.59. The van der Waals surface area contributed by atoms with E-state index in [-0.39, 0.29) is 6.03 Å². The van der Waals surface area contributed by atoms with Gasteiger partial charge in [0.05, 0.1) is 0 Å². The minimum atomic E-state index is -0.131. The molecule has 82 valence electrons. The molecule has 2 N–H and O–H groups in total. The number of carbonyl (C=O) groups excluding carboxylic acids is 1. The lowest BCUT2D eigenvalue weighted by atomic mass is 10.2. The fourth-order valence-corrected chi connectivity index (χ4v) is 1.28. The van der Waals surface area contributed by atoms with Crippen LogP contribution in [0.4, 0.5) is 10.5 Å². The van der Waals surface area contributed by atoms with Gasteiger partial charge in [-0.15, -0.1) is 0 Å². The lowest BCUT2D eigenvalue weighted by molar-refractivity contribution is 0.252. The predicted molar refractivity (Wildman–Crippen MR) is 63.1 cm³/mol. The quantitative estimate of drug-likeness (QED) is 0.731. The minimum Gasteiger partial charge on any atom is -0.338 e. The van der Waals surface area contributed by atoms with Gasteiger partial charge in [0.25, 0.3) is 0 Å². The van der Waals surface area contributed by atoms with E-state index >= 15 is 0 Å². The third-order valence-corrected chi connectivity index (χ3v) is 2.09. The number of nitrogens with one attached hydrogen (secondary N) is 2. The molecule has 15 heavy (non-hydrogen) atoms. The van der Waals surface area contributed by atoms with Gasteiger partial charge < -0.3 is 10.6 Å². The van der Waals surface area contributed by atoms with E-state index < -0.39 is 0 Å². The summed E-state index contributed by atoms with van der Waals surface area (Å²) >= 11 is 0. The van der Waals surface area contributed by atoms with E-state index in [0.717, 1.165) is 30.6 Å². The van der Waals surface area contributed by atoms with Crippen molar-refractivity contribution in [1.82, 2.24) is 5.32 Å². The highest BCUT2D eigenvalue weighted by atomic mass is 16.2. The van der Waals surface area contributed by atoms with Crippen LogP contribution >= 0.6 is 0 Å². The van der Waals surface area contributed by atoms with Crippen molar-refractivity contribution in [2.24, 2.45) is 0 Å². The molecule has 0 aromatic heterocycles. The Bertz CT molecular complexity index is 323. The number of hydrogen-bond donors (Lipinski definition) is 2. The number of hydrogen-bond acceptors (Lipinski definition) is 1. The summed E-state index contributed by atoms with van der Waals surface area (Å²) in [6.07, 6.45) is 2.10. The van der Waals surface area contributed by atoms with Crippen LogP contribution in [0.1, 0.15) is 25.3 Å². The summed E-state index contributed by atoms with van der Waals surface area (Å²) in [5.41, 5.74) is 1.98. The molecule has 0 aliphatic carbocycles. The van der Waals surface area contributed by atoms with E-state index in [0.29, 0.717) is 0 Å². The maximum atomic E-state index is 11.4. The Morgan fingerprint density at radius 2 is 2.20 bits per heavy atom. The van der Waals surface area contributed by atoms with Crippen LogP contribution in [0.3, 0.4) is 0 Å². The molecule has 0 unspecified atom stereocenters. The Balaban J connectivity index is 2.37. The first-order chi connectivity index (χ1) is 7.22. The molecule has 0 atom stereocenters. The second kappa shape index (κ2) is 6.06. The Kier molecular flexibility index (Phi) is 4.68. The molecule has 0 bridgehead atoms. The van der Waals surface area contributed by atoms with Crippen molar-refractivity contribution >= 4 is 11.7 Å². The number of carbonyl (C=O) groups is 1. The lowest BCUT2D eigenvalue weighted by Gasteiger charge is -2.07. The summed E-state index contributed by atoms with van der Waals surface area (Å²) in [6, 6.07) is 7.62. The molecule has 1 aromatic rings. The average Bonchev–Trinajstić information content (AvgIpc) is 2.18. The van der Waals surface area contributed by atoms with Gasteiger partial charge >= 0.3 is 6.03 Å². The van der Waals surface area contributed by atoms with Crippen molar-refractivity contribution in [1.29, 1.82) is 0 Å². The van der Waals surface area contributed by atoms with Crippen LogP contribution in [0.2, 0.25) is 0 Å². The maximum absolute atomic E-state index is 11.4. The van der Waals surface area contributed by atoms with Crippen LogP contribution in [-0.4, -0.2) is 12.6 Å². The van der Waals surface area contributed by atoms with Crippen molar-refractivity contribution in [2.45, 2.75) is 26.7 Å². The van der Waals surface area contributed by atoms with Crippen LogP contribution in [-0.2, 0) is 0 Å². The molecule has 1 rings (SSSR count). The molecule has 0 aliphatic rings. The first kappa shape index (κ1) is 11.6. The van der Waals surface area contributed by atoms with Crippen molar-refractivity contribution in [3.63, 3.8) is 0 Å². The van der Waals surface area contributed by atoms with Crippen LogP contribution in [0.5, 0.6) is 0 Å². The number of unbranched alkanes of at least 4 members (excludes halogenated alkanes) is 1. The summed E-state index contributed by atoms with van der Waals surface area (Å²) in [5.74, 6) is 0. The molecule has 2 amide bonds. The van der Waals surface area contributed by atoms with Gasteiger partial charge in [-0.1, -0.05) is 25.5 Å². The summed E-state index contributed by atoms with van der Waals surface area (Å²) in [6.45, 7) is 4.83. The molecule has 3 nitrogen and oxygen atoms in total. The smallest absolute Gasteiger partial charge is 0.319 e. The number of benzene rings is 1. The Labute approximate surface area is 90.9 Å². The van der Waals surface area contributed by atoms with Crippen molar-refractivity contribution < 1.29 is 4.79 Å². The molecule has 0 aliphatic heterocycles. The number of aryl methyl sites for hydroxylation is 1. The van der Waals surface area contributed by atoms with Crippen molar-refractivity contribution in [3.8, 4) is 0 Å². The predicted octanol–water partition coefficient (Wildman–Crippen LogP) is 2.92. The van der Waals surface area contributed by atoms with E-state index in [9.17, 15) is 4.79 Å². The SMILES string of the molecule is CCCCNC(=O)Nc1cccc(C)c1. The normalized spacial score (nSPS) is 9.73. The molecule has 0 radical (unpaired) electrons. The zero-order valence-corrected chi connectivity index (χ0v) is 9.34. The Morgan fingerprint density at radius 3 is 2.87 bits per heavy atom. The molecular weight excluding hydrogens is 188 g/mol. The molecule has 0 saturated heterocycles. The zero-order valence-electron chi connectivity index (χ0n) is 9.34. The Hall–Kier alpha value is -1.51. The van der Waals surface area contributed by atoms with E-state index in [1.165, 1.54) is 0 Å². The minimum absolute atomic E-state index is 0.131. The highest BCUT2D eigenvalue weighted by Gasteiger charge is 1.99. The Morgan fingerprint density at radius 1 is 1.40 bits per heavy atom. The van der Waals surface area contributed by atoms with Crippen molar-refractivity contribution in [2.75, 3.05) is 11.9 Å². The van der Waals surface area contributed by atoms with Gasteiger partial charge in [-0.25, -0.2) is 4.79 Å². The largest absolute Gasteiger partial charge is 0.338 e. The first-order valence-electron chi connectivity index (χ1n) is 5.34. The topological polar surface area (TPSA) is 41.1 Å². The highest BCUT2D eigenvalue weighted by Crippen LogP contribution is 2.08. The molecule has 0 spiro atoms. The van der Waals surface area contributed by atoms with Gasteiger partial charge in [-0.2, -0.15) is 0 Å². The van der Waals surface area contributed by atoms with Gasteiger partial charge in [-0.05, 0) is 31.0 Å². The van der Waals surface area contributed by atoms with Crippen LogP contribution in [0, 0.1) is 6.92 Å². The molecule has 0 fully saturated rings. The monoisotopic (exact) mass is 206 g/mol. The molecular formula is C12H18N2O. The van der Waals surface area contributed by atoms with E-state index in [1.54, 1.807) is 0 Å². The average molecular weight is 206 g/mol. The summed E-state index contributed by atoms with van der Waals surface area (Å²) in [7, 11) is 0. The lowest BCUT2D eigenvalue weighted by Crippen LogP contribution is -2.29. The van der Waals surface area contributed by atoms with Gasteiger partial charge in [0.1, 0.15) is 0 Å². The third-order valence-electron chi connectivity index (χ3n) is 2.09. The molecule has 0 heterocycles. The number of rotatable bonds is 4. The van der Waals surface area contributed by atoms with Crippen molar-refractivity contribution in [3.05, 3.63) is 29.8 Å². The van der Waals surface area contributed by atoms with Crippen LogP contribution in [0.15, 0.2) is 24.3 Å². The second-order valence-electron chi connectivity index (χ2n) is 3.60. The van der Waals surface area contributed by atoms with Gasteiger partial charge in [0.2, 0.25) is 0 Å². The standard InChI is InChI=1S/C12H18N2O/c1-3-4-8-13-12(15)14-11-7-5-6-10(2)9-11/h5-7,9H,3-4,8H2,1-2H3,(H2,13,14,15). The van der Waals surface area contributed by atoms with E-state index in [2.05, 4.69) is 17.6 Å². The third kappa shape index (κ3) is 4.49. The molecule has 3 heteroatoms. The summed E-state index contributed by atoms with van der Waals surface area (Å²) < 4.78 is 0. The van der Waals surface area contributed by atoms with E-state index in [1.807, 2.05) is 31.2 Å². The highest BCUT2D eigenvalue weighted by molar-refractivity contribution is 5.89. The van der Waals surface area contributed by atoms with E-state index in [4.69, 9.17) is 0 Å². The zero-order chi connectivity index (χ0) is 11.1. The fraction of sp³-hybridized carbons (Fsp3) is 0.417. The fourth-order valence-electron chi connectivity index (χ4n) is 1.28. The van der Waals surface area contributed by atoms with Gasteiger partial charge in [0, 0.05) is 12.2 Å². The number of anilines is 1. The second-order valence-corrected chi connectivity index (χ2v) is 3.60. The molecule has 1 aromatic carbocycles. The summed E-state index contributed by atoms with van der Waals surface area (Å²) in [4.78, 5) is 11.4.